The molecule has 4 aromatic rings. The van der Waals surface area contributed by atoms with Gasteiger partial charge in [-0.05, 0) is 25.9 Å². The van der Waals surface area contributed by atoms with E-state index in [0.717, 1.165) is 5.56 Å². The van der Waals surface area contributed by atoms with Crippen LogP contribution in [0.2, 0.25) is 0 Å². The number of carbonyl (C=O) groups is 2. The number of fused-ring (bicyclic) bond motifs is 1. The Kier molecular flexibility index (Phi) is 5.78. The van der Waals surface area contributed by atoms with Gasteiger partial charge in [0.25, 0.3) is 0 Å². The zero-order valence-corrected chi connectivity index (χ0v) is 18.2. The zero-order chi connectivity index (χ0) is 23.6. The van der Waals surface area contributed by atoms with Crippen molar-refractivity contribution < 1.29 is 24.1 Å². The Balaban J connectivity index is 1.58. The lowest BCUT2D eigenvalue weighted by Crippen LogP contribution is -2.27. The van der Waals surface area contributed by atoms with E-state index in [1.54, 1.807) is 20.8 Å². The highest BCUT2D eigenvalue weighted by molar-refractivity contribution is 6.04. The number of carboxylic acids is 1. The van der Waals surface area contributed by atoms with E-state index in [2.05, 4.69) is 30.6 Å². The fraction of sp³-hybridized carbons (Fsp3) is 0.273. The lowest BCUT2D eigenvalue weighted by Gasteiger charge is -2.19. The summed E-state index contributed by atoms with van der Waals surface area (Å²) in [6.07, 6.45) is 1.33. The number of amides is 1. The molecule has 4 rings (SSSR count). The number of nitrogens with one attached hydrogen (secondary N) is 2. The molecule has 3 heterocycles. The molecule has 0 radical (unpaired) electrons. The van der Waals surface area contributed by atoms with E-state index in [0.29, 0.717) is 41.1 Å². The van der Waals surface area contributed by atoms with Crippen LogP contribution in [-0.4, -0.2) is 48.0 Å². The summed E-state index contributed by atoms with van der Waals surface area (Å²) >= 11 is 0. The predicted octanol–water partition coefficient (Wildman–Crippen LogP) is 3.84. The highest BCUT2D eigenvalue weighted by Crippen LogP contribution is 2.27. The number of hydrogen-bond acceptors (Lipinski definition) is 8. The number of aryl methyl sites for hydroxylation is 2. The summed E-state index contributed by atoms with van der Waals surface area (Å²) in [5.74, 6) is -0.422. The van der Waals surface area contributed by atoms with E-state index in [1.807, 2.05) is 30.3 Å². The number of aromatic nitrogens is 5. The number of rotatable bonds is 6. The summed E-state index contributed by atoms with van der Waals surface area (Å²) in [5, 5.41) is 19.6. The van der Waals surface area contributed by atoms with Gasteiger partial charge < -0.3 is 14.8 Å². The van der Waals surface area contributed by atoms with Gasteiger partial charge in [0.15, 0.2) is 0 Å². The largest absolute Gasteiger partial charge is 0.478 e. The summed E-state index contributed by atoms with van der Waals surface area (Å²) in [6.45, 7) is 5.25. The first-order valence-corrected chi connectivity index (χ1v) is 10.2. The Bertz CT molecular complexity index is 1310. The number of carboxylic acid groups (broad SMARTS) is 1. The van der Waals surface area contributed by atoms with Crippen LogP contribution in [0.15, 0.2) is 41.2 Å². The van der Waals surface area contributed by atoms with Gasteiger partial charge in [-0.25, -0.2) is 19.2 Å². The van der Waals surface area contributed by atoms with Crippen LogP contribution >= 0.6 is 0 Å². The maximum Gasteiger partial charge on any atom is 0.413 e. The van der Waals surface area contributed by atoms with Crippen LogP contribution < -0.4 is 5.32 Å². The van der Waals surface area contributed by atoms with Crippen molar-refractivity contribution in [1.82, 2.24) is 25.3 Å². The molecule has 0 unspecified atom stereocenters. The molecule has 170 valence electrons. The summed E-state index contributed by atoms with van der Waals surface area (Å²) in [4.78, 5) is 35.7. The van der Waals surface area contributed by atoms with Crippen molar-refractivity contribution in [2.75, 3.05) is 5.32 Å². The van der Waals surface area contributed by atoms with E-state index in [-0.39, 0.29) is 11.4 Å². The predicted molar refractivity (Wildman–Crippen MR) is 118 cm³/mol. The normalized spacial score (nSPS) is 11.5. The number of imidazole rings is 1. The van der Waals surface area contributed by atoms with Crippen LogP contribution in [0.3, 0.4) is 0 Å². The third kappa shape index (κ3) is 4.97. The zero-order valence-electron chi connectivity index (χ0n) is 18.2. The Morgan fingerprint density at radius 1 is 1.15 bits per heavy atom. The molecule has 0 aliphatic heterocycles. The Hall–Kier alpha value is -4.28. The van der Waals surface area contributed by atoms with Crippen LogP contribution in [-0.2, 0) is 17.6 Å². The van der Waals surface area contributed by atoms with E-state index >= 15 is 0 Å². The molecule has 0 bridgehead atoms. The van der Waals surface area contributed by atoms with Crippen molar-refractivity contribution in [3.8, 4) is 11.3 Å². The van der Waals surface area contributed by atoms with Gasteiger partial charge >= 0.3 is 12.1 Å². The van der Waals surface area contributed by atoms with Gasteiger partial charge in [-0.15, -0.1) is 0 Å². The average Bonchev–Trinajstić information content (AvgIpc) is 3.37. The van der Waals surface area contributed by atoms with Crippen molar-refractivity contribution in [2.24, 2.45) is 0 Å². The number of anilines is 1. The molecule has 1 aromatic carbocycles. The number of pyridine rings is 1. The van der Waals surface area contributed by atoms with Crippen molar-refractivity contribution in [3.05, 3.63) is 53.6 Å². The fourth-order valence-electron chi connectivity index (χ4n) is 3.23. The van der Waals surface area contributed by atoms with Gasteiger partial charge in [-0.2, -0.15) is 0 Å². The van der Waals surface area contributed by atoms with Crippen LogP contribution in [0.4, 0.5) is 10.6 Å². The summed E-state index contributed by atoms with van der Waals surface area (Å²) < 4.78 is 9.98. The minimum absolute atomic E-state index is 0.0267. The maximum atomic E-state index is 12.0. The Morgan fingerprint density at radius 2 is 1.91 bits per heavy atom. The monoisotopic (exact) mass is 450 g/mol. The number of aromatic amines is 1. The van der Waals surface area contributed by atoms with Gasteiger partial charge in [0.2, 0.25) is 5.82 Å². The molecular formula is C22H22N6O5. The first kappa shape index (κ1) is 21.9. The SMILES string of the molecule is CC(C)(C)OC(=O)Nc1nonc1CCc1nc2c(-c3ccccc3)ncc(C(=O)O)c2[nH]1. The second kappa shape index (κ2) is 8.69. The summed E-state index contributed by atoms with van der Waals surface area (Å²) in [7, 11) is 0. The molecule has 33 heavy (non-hydrogen) atoms. The minimum atomic E-state index is -1.10. The van der Waals surface area contributed by atoms with Gasteiger partial charge in [0.05, 0.1) is 11.2 Å². The lowest BCUT2D eigenvalue weighted by atomic mass is 10.1. The molecule has 0 aliphatic carbocycles. The minimum Gasteiger partial charge on any atom is -0.478 e. The van der Waals surface area contributed by atoms with Gasteiger partial charge in [0.1, 0.15) is 28.2 Å². The van der Waals surface area contributed by atoms with Crippen LogP contribution in [0, 0.1) is 0 Å². The molecule has 0 aliphatic rings. The number of H-pyrrole nitrogens is 1. The van der Waals surface area contributed by atoms with E-state index in [9.17, 15) is 14.7 Å². The van der Waals surface area contributed by atoms with Crippen molar-refractivity contribution in [2.45, 2.75) is 39.2 Å². The number of carbonyl (C=O) groups excluding carboxylic acids is 1. The Morgan fingerprint density at radius 3 is 2.61 bits per heavy atom. The third-order valence-corrected chi connectivity index (χ3v) is 4.62. The lowest BCUT2D eigenvalue weighted by molar-refractivity contribution is 0.0632. The molecule has 3 aromatic heterocycles. The van der Waals surface area contributed by atoms with Crippen LogP contribution in [0.5, 0.6) is 0 Å². The van der Waals surface area contributed by atoms with Gasteiger partial charge in [-0.1, -0.05) is 35.5 Å². The highest BCUT2D eigenvalue weighted by atomic mass is 16.6. The summed E-state index contributed by atoms with van der Waals surface area (Å²) in [5.41, 5.74) is 2.01. The van der Waals surface area contributed by atoms with Crippen molar-refractivity contribution >= 4 is 28.9 Å². The molecule has 11 nitrogen and oxygen atoms in total. The van der Waals surface area contributed by atoms with Gasteiger partial charge in [0, 0.05) is 24.6 Å². The molecule has 0 saturated carbocycles. The quantitative estimate of drug-likeness (QED) is 0.397. The standard InChI is InChI=1S/C22H22N6O5/c1-22(2,3)32-21(31)26-19-14(27-33-28-19)9-10-15-24-17-13(20(29)30)11-23-16(18(17)25-15)12-7-5-4-6-8-12/h4-8,11H,9-10H2,1-3H3,(H,24,25)(H,29,30)(H,26,28,31). The number of hydrogen-bond donors (Lipinski definition) is 3. The van der Waals surface area contributed by atoms with Gasteiger partial charge in [-0.3, -0.25) is 10.3 Å². The maximum absolute atomic E-state index is 12.0. The summed E-state index contributed by atoms with van der Waals surface area (Å²) in [6, 6.07) is 9.40. The molecule has 0 saturated heterocycles. The van der Waals surface area contributed by atoms with Crippen LogP contribution in [0.25, 0.3) is 22.3 Å². The van der Waals surface area contributed by atoms with E-state index in [1.165, 1.54) is 6.20 Å². The number of aromatic carboxylic acids is 1. The second-order valence-corrected chi connectivity index (χ2v) is 8.29. The number of ether oxygens (including phenoxy) is 1. The topological polar surface area (TPSA) is 156 Å². The molecule has 0 spiro atoms. The molecular weight excluding hydrogens is 428 g/mol. The third-order valence-electron chi connectivity index (χ3n) is 4.62. The highest BCUT2D eigenvalue weighted by Gasteiger charge is 2.21. The van der Waals surface area contributed by atoms with Crippen molar-refractivity contribution in [1.29, 1.82) is 0 Å². The molecule has 0 fully saturated rings. The molecule has 0 atom stereocenters. The first-order valence-electron chi connectivity index (χ1n) is 10.2. The van der Waals surface area contributed by atoms with Crippen LogP contribution in [0.1, 0.15) is 42.6 Å². The van der Waals surface area contributed by atoms with Crippen molar-refractivity contribution in [3.63, 3.8) is 0 Å². The fourth-order valence-corrected chi connectivity index (χ4v) is 3.23. The molecule has 11 heteroatoms. The van der Waals surface area contributed by atoms with E-state index < -0.39 is 17.7 Å². The number of nitrogens with zero attached hydrogens (tertiary/aromatic N) is 4. The second-order valence-electron chi connectivity index (χ2n) is 8.29. The number of benzene rings is 1. The molecule has 1 amide bonds. The first-order chi connectivity index (χ1) is 15.7. The molecule has 3 N–H and O–H groups in total. The smallest absolute Gasteiger partial charge is 0.413 e. The van der Waals surface area contributed by atoms with E-state index in [4.69, 9.17) is 9.37 Å². The average molecular weight is 450 g/mol. The Labute approximate surface area is 188 Å².